The minimum Gasteiger partial charge on any atom is -0.478 e. The summed E-state index contributed by atoms with van der Waals surface area (Å²) in [6.45, 7) is 5.95. The average molecular weight is 415 g/mol. The lowest BCUT2D eigenvalue weighted by Gasteiger charge is -2.24. The van der Waals surface area contributed by atoms with Crippen LogP contribution in [0.5, 0.6) is 0 Å². The van der Waals surface area contributed by atoms with E-state index in [4.69, 9.17) is 4.74 Å². The van der Waals surface area contributed by atoms with Crippen molar-refractivity contribution in [2.75, 3.05) is 0 Å². The van der Waals surface area contributed by atoms with E-state index in [9.17, 15) is 14.7 Å². The molecule has 4 nitrogen and oxygen atoms in total. The third kappa shape index (κ3) is 3.86. The largest absolute Gasteiger partial charge is 0.478 e. The molecule has 1 N–H and O–H groups in total. The number of aromatic carboxylic acids is 1. The van der Waals surface area contributed by atoms with Crippen molar-refractivity contribution in [1.82, 2.24) is 0 Å². The lowest BCUT2D eigenvalue weighted by molar-refractivity contribution is 0.0105. The lowest BCUT2D eigenvalue weighted by Crippen LogP contribution is -2.21. The van der Waals surface area contributed by atoms with E-state index in [1.165, 1.54) is 17.2 Å². The number of fused-ring (bicyclic) bond motifs is 1. The molecule has 0 saturated heterocycles. The van der Waals surface area contributed by atoms with Gasteiger partial charge in [0.05, 0.1) is 11.1 Å². The van der Waals surface area contributed by atoms with Crippen molar-refractivity contribution in [3.05, 3.63) is 94.5 Å². The SMILES string of the molecule is Cc1c(C(=O)O)cccc1C(=O)OC1c2cccc(-c3ccccc3)c2CC1C(C)C. The normalized spacial score (nSPS) is 17.4. The highest BCUT2D eigenvalue weighted by Crippen LogP contribution is 2.46. The molecule has 31 heavy (non-hydrogen) atoms. The molecule has 3 aromatic carbocycles. The second kappa shape index (κ2) is 8.38. The molecule has 0 aliphatic heterocycles. The maximum atomic E-state index is 13.1. The Morgan fingerprint density at radius 2 is 1.61 bits per heavy atom. The number of hydrogen-bond acceptors (Lipinski definition) is 3. The van der Waals surface area contributed by atoms with Gasteiger partial charge in [0, 0.05) is 5.92 Å². The van der Waals surface area contributed by atoms with Crippen LogP contribution in [0.2, 0.25) is 0 Å². The Kier molecular flexibility index (Phi) is 5.64. The minimum absolute atomic E-state index is 0.119. The highest BCUT2D eigenvalue weighted by Gasteiger charge is 2.38. The van der Waals surface area contributed by atoms with Crippen molar-refractivity contribution < 1.29 is 19.4 Å². The Balaban J connectivity index is 1.72. The van der Waals surface area contributed by atoms with Crippen molar-refractivity contribution >= 4 is 11.9 Å². The van der Waals surface area contributed by atoms with Crippen LogP contribution >= 0.6 is 0 Å². The van der Waals surface area contributed by atoms with Crippen molar-refractivity contribution in [3.8, 4) is 11.1 Å². The Morgan fingerprint density at radius 1 is 0.935 bits per heavy atom. The van der Waals surface area contributed by atoms with E-state index in [0.717, 1.165) is 17.5 Å². The van der Waals surface area contributed by atoms with Crippen LogP contribution in [0.25, 0.3) is 11.1 Å². The molecule has 2 unspecified atom stereocenters. The van der Waals surface area contributed by atoms with Crippen molar-refractivity contribution in [3.63, 3.8) is 0 Å². The predicted molar refractivity (Wildman–Crippen MR) is 120 cm³/mol. The van der Waals surface area contributed by atoms with Crippen LogP contribution in [-0.4, -0.2) is 17.0 Å². The second-order valence-electron chi connectivity index (χ2n) is 8.46. The van der Waals surface area contributed by atoms with Crippen LogP contribution in [0.1, 0.15) is 57.4 Å². The number of carbonyl (C=O) groups is 2. The number of rotatable bonds is 5. The number of ether oxygens (including phenoxy) is 1. The smallest absolute Gasteiger partial charge is 0.339 e. The van der Waals surface area contributed by atoms with Gasteiger partial charge in [0.15, 0.2) is 0 Å². The van der Waals surface area contributed by atoms with Gasteiger partial charge >= 0.3 is 11.9 Å². The molecule has 0 bridgehead atoms. The van der Waals surface area contributed by atoms with Gasteiger partial charge in [-0.3, -0.25) is 0 Å². The first-order chi connectivity index (χ1) is 14.9. The molecule has 158 valence electrons. The summed E-state index contributed by atoms with van der Waals surface area (Å²) in [4.78, 5) is 24.6. The summed E-state index contributed by atoms with van der Waals surface area (Å²) >= 11 is 0. The summed E-state index contributed by atoms with van der Waals surface area (Å²) in [7, 11) is 0. The quantitative estimate of drug-likeness (QED) is 0.513. The summed E-state index contributed by atoms with van der Waals surface area (Å²) in [5.74, 6) is -1.05. The van der Waals surface area contributed by atoms with Gasteiger partial charge in [0.25, 0.3) is 0 Å². The summed E-state index contributed by atoms with van der Waals surface area (Å²) in [5, 5.41) is 9.39. The van der Waals surface area contributed by atoms with E-state index in [1.807, 2.05) is 30.3 Å². The van der Waals surface area contributed by atoms with E-state index >= 15 is 0 Å². The first-order valence-corrected chi connectivity index (χ1v) is 10.6. The highest BCUT2D eigenvalue weighted by molar-refractivity contribution is 5.97. The summed E-state index contributed by atoms with van der Waals surface area (Å²) in [5.41, 5.74) is 5.44. The van der Waals surface area contributed by atoms with Gasteiger partial charge in [-0.05, 0) is 59.2 Å². The fraction of sp³-hybridized carbons (Fsp3) is 0.259. The molecule has 0 fully saturated rings. The summed E-state index contributed by atoms with van der Waals surface area (Å²) in [6.07, 6.45) is 0.475. The first kappa shape index (κ1) is 20.9. The standard InChI is InChI=1S/C27H26O4/c1-16(2)23-15-24-21(18-9-5-4-6-10-18)13-8-14-22(24)25(23)31-27(30)20-12-7-11-19(17(20)3)26(28)29/h4-14,16,23,25H,15H2,1-3H3,(H,28,29). The highest BCUT2D eigenvalue weighted by atomic mass is 16.5. The Morgan fingerprint density at radius 3 is 2.29 bits per heavy atom. The van der Waals surface area contributed by atoms with Crippen LogP contribution in [0, 0.1) is 18.8 Å². The first-order valence-electron chi connectivity index (χ1n) is 10.6. The zero-order chi connectivity index (χ0) is 22.1. The van der Waals surface area contributed by atoms with Crippen molar-refractivity contribution in [2.45, 2.75) is 33.3 Å². The molecule has 1 aliphatic carbocycles. The zero-order valence-electron chi connectivity index (χ0n) is 18.0. The van der Waals surface area contributed by atoms with Crippen LogP contribution in [-0.2, 0) is 11.2 Å². The number of hydrogen-bond donors (Lipinski definition) is 1. The summed E-state index contributed by atoms with van der Waals surface area (Å²) in [6, 6.07) is 21.1. The monoisotopic (exact) mass is 414 g/mol. The fourth-order valence-corrected chi connectivity index (χ4v) is 4.56. The molecule has 4 rings (SSSR count). The van der Waals surface area contributed by atoms with E-state index in [-0.39, 0.29) is 17.6 Å². The number of benzene rings is 3. The van der Waals surface area contributed by atoms with Gasteiger partial charge in [-0.15, -0.1) is 0 Å². The number of carboxylic acids is 1. The molecule has 3 aromatic rings. The third-order valence-electron chi connectivity index (χ3n) is 6.31. The Labute approximate surface area is 182 Å². The average Bonchev–Trinajstić information content (AvgIpc) is 3.13. The second-order valence-corrected chi connectivity index (χ2v) is 8.46. The van der Waals surface area contributed by atoms with E-state index in [1.54, 1.807) is 19.1 Å². The van der Waals surface area contributed by atoms with Gasteiger partial charge in [0.1, 0.15) is 6.10 Å². The van der Waals surface area contributed by atoms with Gasteiger partial charge in [-0.2, -0.15) is 0 Å². The maximum absolute atomic E-state index is 13.1. The van der Waals surface area contributed by atoms with E-state index in [2.05, 4.69) is 32.0 Å². The molecule has 2 atom stereocenters. The van der Waals surface area contributed by atoms with Gasteiger partial charge in [-0.25, -0.2) is 9.59 Å². The molecule has 0 amide bonds. The minimum atomic E-state index is -1.05. The zero-order valence-corrected chi connectivity index (χ0v) is 18.0. The molecule has 0 heterocycles. The number of carboxylic acid groups (broad SMARTS) is 1. The molecule has 1 aliphatic rings. The van der Waals surface area contributed by atoms with E-state index in [0.29, 0.717) is 17.0 Å². The van der Waals surface area contributed by atoms with Gasteiger partial charge in [0.2, 0.25) is 0 Å². The summed E-state index contributed by atoms with van der Waals surface area (Å²) < 4.78 is 6.07. The molecule has 0 spiro atoms. The molecule has 0 radical (unpaired) electrons. The van der Waals surface area contributed by atoms with Crippen LogP contribution in [0.4, 0.5) is 0 Å². The van der Waals surface area contributed by atoms with Gasteiger partial charge in [-0.1, -0.05) is 68.4 Å². The van der Waals surface area contributed by atoms with Gasteiger partial charge < -0.3 is 9.84 Å². The Bertz CT molecular complexity index is 1130. The Hall–Kier alpha value is -3.40. The number of esters is 1. The van der Waals surface area contributed by atoms with Crippen LogP contribution in [0.15, 0.2) is 66.7 Å². The van der Waals surface area contributed by atoms with E-state index < -0.39 is 11.9 Å². The topological polar surface area (TPSA) is 63.6 Å². The molecule has 0 saturated carbocycles. The van der Waals surface area contributed by atoms with Crippen molar-refractivity contribution in [2.24, 2.45) is 11.8 Å². The van der Waals surface area contributed by atoms with Crippen LogP contribution in [0.3, 0.4) is 0 Å². The molecular weight excluding hydrogens is 388 g/mol. The van der Waals surface area contributed by atoms with Crippen LogP contribution < -0.4 is 0 Å². The lowest BCUT2D eigenvalue weighted by atomic mass is 9.90. The molecule has 0 aromatic heterocycles. The fourth-order valence-electron chi connectivity index (χ4n) is 4.56. The molecule has 4 heteroatoms. The number of carbonyl (C=O) groups excluding carboxylic acids is 1. The predicted octanol–water partition coefficient (Wildman–Crippen LogP) is 6.09. The van der Waals surface area contributed by atoms with Crippen molar-refractivity contribution in [1.29, 1.82) is 0 Å². The molecular formula is C27H26O4. The maximum Gasteiger partial charge on any atom is 0.339 e. The third-order valence-corrected chi connectivity index (χ3v) is 6.31.